The number of piperazine rings is 1. The number of benzene rings is 1. The minimum atomic E-state index is -0.181. The third-order valence-corrected chi connectivity index (χ3v) is 3.82. The number of aromatic hydroxyl groups is 1. The number of phenols is 1. The number of likely N-dealkylation sites (N-methyl/N-ethyl adjacent to an activating group) is 1. The molecule has 0 aromatic heterocycles. The van der Waals surface area contributed by atoms with Crippen molar-refractivity contribution in [2.45, 2.75) is 13.8 Å². The molecule has 1 aromatic carbocycles. The Morgan fingerprint density at radius 1 is 1.25 bits per heavy atom. The highest BCUT2D eigenvalue weighted by molar-refractivity contribution is 9.10. The van der Waals surface area contributed by atoms with Crippen LogP contribution in [0.2, 0.25) is 0 Å². The van der Waals surface area contributed by atoms with E-state index in [2.05, 4.69) is 20.8 Å². The topological polar surface area (TPSA) is 69.8 Å². The van der Waals surface area contributed by atoms with Crippen LogP contribution in [0.1, 0.15) is 24.2 Å². The number of phenolic OH excluding ortho intramolecular Hbond substituents is 1. The van der Waals surface area contributed by atoms with Gasteiger partial charge in [-0.05, 0) is 35.1 Å². The van der Waals surface area contributed by atoms with Gasteiger partial charge in [-0.1, -0.05) is 13.8 Å². The summed E-state index contributed by atoms with van der Waals surface area (Å²) in [5.41, 5.74) is 6.10. The number of nitrogens with zero attached hydrogens (tertiary/aromatic N) is 2. The van der Waals surface area contributed by atoms with Crippen LogP contribution in [0.5, 0.6) is 5.75 Å². The van der Waals surface area contributed by atoms with Crippen LogP contribution in [-0.4, -0.2) is 54.0 Å². The van der Waals surface area contributed by atoms with Crippen LogP contribution in [0.4, 0.5) is 5.69 Å². The van der Waals surface area contributed by atoms with Crippen molar-refractivity contribution in [3.8, 4) is 5.75 Å². The average molecular weight is 344 g/mol. The average Bonchev–Trinajstić information content (AvgIpc) is 2.46. The zero-order chi connectivity index (χ0) is 15.3. The van der Waals surface area contributed by atoms with Gasteiger partial charge in [0.25, 0.3) is 5.91 Å². The number of hydrogen-bond donors (Lipinski definition) is 2. The van der Waals surface area contributed by atoms with E-state index < -0.39 is 0 Å². The van der Waals surface area contributed by atoms with Crippen molar-refractivity contribution in [1.29, 1.82) is 0 Å². The smallest absolute Gasteiger partial charge is 0.258 e. The van der Waals surface area contributed by atoms with Gasteiger partial charge in [0.2, 0.25) is 0 Å². The standard InChI is InChI=1S/C12H16BrN3O2.C2H6/c1-15-4-6-16(7-5-15)12(18)10-8(13)2-3-9(14)11(10)17;1-2/h2-3,17H,4-7,14H2,1H3;1-2H3. The molecule has 0 atom stereocenters. The molecule has 0 radical (unpaired) electrons. The van der Waals surface area contributed by atoms with Crippen molar-refractivity contribution >= 4 is 27.5 Å². The molecule has 1 heterocycles. The first kappa shape index (κ1) is 16.8. The summed E-state index contributed by atoms with van der Waals surface area (Å²) in [4.78, 5) is 16.3. The van der Waals surface area contributed by atoms with E-state index in [0.29, 0.717) is 17.6 Å². The molecule has 0 aliphatic carbocycles. The monoisotopic (exact) mass is 343 g/mol. The van der Waals surface area contributed by atoms with E-state index in [1.165, 1.54) is 0 Å². The van der Waals surface area contributed by atoms with Crippen molar-refractivity contribution in [3.05, 3.63) is 22.2 Å². The van der Waals surface area contributed by atoms with Gasteiger partial charge >= 0.3 is 0 Å². The number of anilines is 1. The van der Waals surface area contributed by atoms with Crippen molar-refractivity contribution in [2.75, 3.05) is 39.0 Å². The second kappa shape index (κ2) is 7.50. The Kier molecular flexibility index (Phi) is 6.29. The third kappa shape index (κ3) is 3.64. The van der Waals surface area contributed by atoms with E-state index in [1.54, 1.807) is 17.0 Å². The fraction of sp³-hybridized carbons (Fsp3) is 0.500. The lowest BCUT2D eigenvalue weighted by Crippen LogP contribution is -2.47. The number of nitrogens with two attached hydrogens (primary N) is 1. The van der Waals surface area contributed by atoms with Gasteiger partial charge in [0.05, 0.1) is 11.3 Å². The summed E-state index contributed by atoms with van der Waals surface area (Å²) in [7, 11) is 2.02. The maximum absolute atomic E-state index is 12.4. The Hall–Kier alpha value is -1.27. The summed E-state index contributed by atoms with van der Waals surface area (Å²) in [6.45, 7) is 7.00. The number of amides is 1. The van der Waals surface area contributed by atoms with Crippen LogP contribution in [0.25, 0.3) is 0 Å². The Morgan fingerprint density at radius 3 is 2.35 bits per heavy atom. The van der Waals surface area contributed by atoms with Gasteiger partial charge < -0.3 is 20.6 Å². The Labute approximate surface area is 128 Å². The predicted octanol–water partition coefficient (Wildman–Crippen LogP) is 2.15. The molecule has 2 rings (SSSR count). The van der Waals surface area contributed by atoms with Crippen molar-refractivity contribution in [2.24, 2.45) is 0 Å². The van der Waals surface area contributed by atoms with Crippen LogP contribution in [0.3, 0.4) is 0 Å². The van der Waals surface area contributed by atoms with Gasteiger partial charge in [0, 0.05) is 30.7 Å². The summed E-state index contributed by atoms with van der Waals surface area (Å²) in [5.74, 6) is -0.326. The third-order valence-electron chi connectivity index (χ3n) is 3.16. The molecule has 1 fully saturated rings. The molecular formula is C14H22BrN3O2. The van der Waals surface area contributed by atoms with Gasteiger partial charge in [-0.3, -0.25) is 4.79 Å². The molecule has 1 aliphatic heterocycles. The minimum Gasteiger partial charge on any atom is -0.505 e. The Balaban J connectivity index is 0.000000956. The molecule has 0 unspecified atom stereocenters. The Bertz CT molecular complexity index is 472. The number of carbonyl (C=O) groups is 1. The van der Waals surface area contributed by atoms with E-state index >= 15 is 0 Å². The van der Waals surface area contributed by atoms with E-state index in [4.69, 9.17) is 5.73 Å². The van der Waals surface area contributed by atoms with E-state index in [-0.39, 0.29) is 22.9 Å². The van der Waals surface area contributed by atoms with Crippen LogP contribution < -0.4 is 5.73 Å². The summed E-state index contributed by atoms with van der Waals surface area (Å²) >= 11 is 3.29. The highest BCUT2D eigenvalue weighted by Crippen LogP contribution is 2.32. The lowest BCUT2D eigenvalue weighted by molar-refractivity contribution is 0.0660. The van der Waals surface area contributed by atoms with E-state index in [1.807, 2.05) is 20.9 Å². The SMILES string of the molecule is CC.CN1CCN(C(=O)c2c(Br)ccc(N)c2O)CC1. The van der Waals surface area contributed by atoms with E-state index in [0.717, 1.165) is 13.1 Å². The second-order valence-electron chi connectivity index (χ2n) is 4.46. The molecule has 3 N–H and O–H groups in total. The maximum Gasteiger partial charge on any atom is 0.258 e. The van der Waals surface area contributed by atoms with Crippen LogP contribution in [-0.2, 0) is 0 Å². The fourth-order valence-electron chi connectivity index (χ4n) is 1.95. The molecular weight excluding hydrogens is 322 g/mol. The first-order valence-corrected chi connectivity index (χ1v) is 7.54. The number of carbonyl (C=O) groups excluding carboxylic acids is 1. The normalized spacial score (nSPS) is 15.5. The molecule has 0 bridgehead atoms. The largest absolute Gasteiger partial charge is 0.505 e. The Morgan fingerprint density at radius 2 is 1.80 bits per heavy atom. The van der Waals surface area contributed by atoms with Crippen molar-refractivity contribution < 1.29 is 9.90 Å². The van der Waals surface area contributed by atoms with Gasteiger partial charge in [-0.25, -0.2) is 0 Å². The number of nitrogen functional groups attached to an aromatic ring is 1. The molecule has 0 spiro atoms. The zero-order valence-electron chi connectivity index (χ0n) is 12.2. The van der Waals surface area contributed by atoms with Crippen LogP contribution >= 0.6 is 15.9 Å². The van der Waals surface area contributed by atoms with Crippen LogP contribution in [0, 0.1) is 0 Å². The van der Waals surface area contributed by atoms with Gasteiger partial charge in [-0.15, -0.1) is 0 Å². The molecule has 1 saturated heterocycles. The van der Waals surface area contributed by atoms with Crippen LogP contribution in [0.15, 0.2) is 16.6 Å². The van der Waals surface area contributed by atoms with Gasteiger partial charge in [0.15, 0.2) is 5.75 Å². The highest BCUT2D eigenvalue weighted by atomic mass is 79.9. The number of hydrogen-bond acceptors (Lipinski definition) is 4. The molecule has 1 aromatic rings. The summed E-state index contributed by atoms with van der Waals surface area (Å²) in [6, 6.07) is 3.25. The molecule has 1 aliphatic rings. The fourth-order valence-corrected chi connectivity index (χ4v) is 2.44. The highest BCUT2D eigenvalue weighted by Gasteiger charge is 2.25. The summed E-state index contributed by atoms with van der Waals surface area (Å²) < 4.78 is 0.568. The summed E-state index contributed by atoms with van der Waals surface area (Å²) in [5, 5.41) is 9.92. The first-order chi connectivity index (χ1) is 9.50. The maximum atomic E-state index is 12.4. The summed E-state index contributed by atoms with van der Waals surface area (Å²) in [6.07, 6.45) is 0. The second-order valence-corrected chi connectivity index (χ2v) is 5.31. The van der Waals surface area contributed by atoms with Gasteiger partial charge in [0.1, 0.15) is 0 Å². The number of halogens is 1. The quantitative estimate of drug-likeness (QED) is 0.605. The molecule has 5 nitrogen and oxygen atoms in total. The predicted molar refractivity (Wildman–Crippen MR) is 85.0 cm³/mol. The van der Waals surface area contributed by atoms with Gasteiger partial charge in [-0.2, -0.15) is 0 Å². The molecule has 0 saturated carbocycles. The molecule has 20 heavy (non-hydrogen) atoms. The number of rotatable bonds is 1. The van der Waals surface area contributed by atoms with E-state index in [9.17, 15) is 9.90 Å². The lowest BCUT2D eigenvalue weighted by atomic mass is 10.1. The van der Waals surface area contributed by atoms with Crippen molar-refractivity contribution in [3.63, 3.8) is 0 Å². The van der Waals surface area contributed by atoms with Crippen molar-refractivity contribution in [1.82, 2.24) is 9.80 Å². The molecule has 112 valence electrons. The lowest BCUT2D eigenvalue weighted by Gasteiger charge is -2.32. The first-order valence-electron chi connectivity index (χ1n) is 6.75. The zero-order valence-corrected chi connectivity index (χ0v) is 13.8. The minimum absolute atomic E-state index is 0.145. The molecule has 1 amide bonds. The molecule has 6 heteroatoms.